The Balaban J connectivity index is 1.26. The number of carbonyl (C=O) groups is 3. The molecule has 2 amide bonds. The van der Waals surface area contributed by atoms with E-state index in [1.807, 2.05) is 6.07 Å². The molecule has 4 aromatic carbocycles. The quantitative estimate of drug-likeness (QED) is 0.0575. The van der Waals surface area contributed by atoms with Crippen molar-refractivity contribution in [3.8, 4) is 5.75 Å². The van der Waals surface area contributed by atoms with Crippen molar-refractivity contribution >= 4 is 84.3 Å². The molecule has 43 heavy (non-hydrogen) atoms. The van der Waals surface area contributed by atoms with Gasteiger partial charge in [0.05, 0.1) is 16.2 Å². The summed E-state index contributed by atoms with van der Waals surface area (Å²) in [6.07, 6.45) is 1.32. The summed E-state index contributed by atoms with van der Waals surface area (Å²) in [4.78, 5) is 48.6. The number of carbonyl (C=O) groups excluding carboxylic acids is 3. The van der Waals surface area contributed by atoms with Gasteiger partial charge >= 0.3 is 5.97 Å². The number of fused-ring (bicyclic) bond motifs is 1. The number of hydrogen-bond donors (Lipinski definition) is 2. The second kappa shape index (κ2) is 12.9. The van der Waals surface area contributed by atoms with Crippen molar-refractivity contribution in [1.82, 2.24) is 5.43 Å². The Hall–Kier alpha value is -4.91. The van der Waals surface area contributed by atoms with E-state index in [-0.39, 0.29) is 27.2 Å². The Labute approximate surface area is 261 Å². The highest BCUT2D eigenvalue weighted by Gasteiger charge is 2.22. The molecule has 0 saturated heterocycles. The first kappa shape index (κ1) is 29.6. The molecule has 0 bridgehead atoms. The number of halogens is 2. The molecule has 1 heterocycles. The molecule has 0 saturated carbocycles. The number of rotatable bonds is 8. The van der Waals surface area contributed by atoms with Crippen LogP contribution in [-0.2, 0) is 0 Å². The number of nitrogens with one attached hydrogen (secondary N) is 2. The fourth-order valence-corrected chi connectivity index (χ4v) is 5.68. The van der Waals surface area contributed by atoms with Crippen LogP contribution in [0.15, 0.2) is 101 Å². The molecule has 0 unspecified atom stereocenters. The smallest absolute Gasteiger partial charge is 0.355 e. The summed E-state index contributed by atoms with van der Waals surface area (Å²) in [5, 5.41) is 18.5. The summed E-state index contributed by atoms with van der Waals surface area (Å²) < 4.78 is 6.72. The molecular formula is C30H18BrClN4O6S. The lowest BCUT2D eigenvalue weighted by atomic mass is 10.1. The number of anilines is 1. The number of amides is 2. The van der Waals surface area contributed by atoms with E-state index in [1.54, 1.807) is 66.7 Å². The largest absolute Gasteiger partial charge is 0.422 e. The zero-order valence-electron chi connectivity index (χ0n) is 21.7. The predicted octanol–water partition coefficient (Wildman–Crippen LogP) is 7.46. The molecule has 10 nitrogen and oxygen atoms in total. The van der Waals surface area contributed by atoms with Crippen LogP contribution in [0, 0.1) is 10.1 Å². The number of nitro groups is 1. The predicted molar refractivity (Wildman–Crippen MR) is 168 cm³/mol. The summed E-state index contributed by atoms with van der Waals surface area (Å²) in [5.41, 5.74) is 4.00. The number of non-ortho nitro benzene ring substituents is 1. The fourth-order valence-electron chi connectivity index (χ4n) is 3.88. The standard InChI is InChI=1S/C30H18BrClN4O6S/c31-20-8-13-24(42-30(39)27-26(32)23-12-11-22(36(40)41)15-25(23)43-27)19(14-20)16-33-35-29(38)18-6-9-21(10-7-18)34-28(37)17-4-2-1-3-5-17/h1-16H,(H,34,37)(H,35,38)/b33-16-. The lowest BCUT2D eigenvalue weighted by Crippen LogP contribution is -2.18. The van der Waals surface area contributed by atoms with Gasteiger partial charge in [0.25, 0.3) is 17.5 Å². The van der Waals surface area contributed by atoms with Crippen molar-refractivity contribution in [2.45, 2.75) is 0 Å². The number of ether oxygens (including phenoxy) is 1. The normalized spacial score (nSPS) is 10.9. The SMILES string of the molecule is O=C(N/N=C\c1cc(Br)ccc1OC(=O)c1sc2cc([N+](=O)[O-])ccc2c1Cl)c1ccc(NC(=O)c2ccccc2)cc1. The van der Waals surface area contributed by atoms with Gasteiger partial charge in [0, 0.05) is 49.1 Å². The second-order valence-electron chi connectivity index (χ2n) is 8.85. The van der Waals surface area contributed by atoms with Crippen molar-refractivity contribution in [3.05, 3.63) is 132 Å². The molecule has 5 rings (SSSR count). The summed E-state index contributed by atoms with van der Waals surface area (Å²) in [6.45, 7) is 0. The van der Waals surface area contributed by atoms with E-state index in [4.69, 9.17) is 16.3 Å². The minimum absolute atomic E-state index is 0.0830. The van der Waals surface area contributed by atoms with E-state index >= 15 is 0 Å². The molecule has 1 aromatic heterocycles. The number of nitro benzene ring substituents is 1. The van der Waals surface area contributed by atoms with Gasteiger partial charge in [-0.3, -0.25) is 19.7 Å². The molecule has 0 radical (unpaired) electrons. The van der Waals surface area contributed by atoms with E-state index in [1.165, 1.54) is 24.4 Å². The maximum Gasteiger partial charge on any atom is 0.355 e. The monoisotopic (exact) mass is 676 g/mol. The first-order chi connectivity index (χ1) is 20.7. The lowest BCUT2D eigenvalue weighted by Gasteiger charge is -2.08. The lowest BCUT2D eigenvalue weighted by molar-refractivity contribution is -0.384. The highest BCUT2D eigenvalue weighted by atomic mass is 79.9. The highest BCUT2D eigenvalue weighted by molar-refractivity contribution is 9.10. The summed E-state index contributed by atoms with van der Waals surface area (Å²) in [7, 11) is 0. The second-order valence-corrected chi connectivity index (χ2v) is 11.2. The van der Waals surface area contributed by atoms with Crippen LogP contribution in [0.5, 0.6) is 5.75 Å². The minimum atomic E-state index is -0.755. The molecule has 0 spiro atoms. The average molecular weight is 678 g/mol. The maximum absolute atomic E-state index is 13.0. The number of hydrazone groups is 1. The van der Waals surface area contributed by atoms with E-state index in [0.717, 1.165) is 11.3 Å². The van der Waals surface area contributed by atoms with Gasteiger partial charge in [-0.1, -0.05) is 45.7 Å². The maximum atomic E-state index is 13.0. The van der Waals surface area contributed by atoms with Gasteiger partial charge in [0.15, 0.2) is 0 Å². The molecule has 0 aliphatic carbocycles. The van der Waals surface area contributed by atoms with Crippen LogP contribution in [0.3, 0.4) is 0 Å². The van der Waals surface area contributed by atoms with Crippen LogP contribution in [0.4, 0.5) is 11.4 Å². The Kier molecular flexibility index (Phi) is 8.90. The van der Waals surface area contributed by atoms with Gasteiger partial charge in [-0.25, -0.2) is 10.2 Å². The summed E-state index contributed by atoms with van der Waals surface area (Å²) >= 11 is 10.7. The molecule has 0 aliphatic heterocycles. The van der Waals surface area contributed by atoms with Crippen LogP contribution in [0.25, 0.3) is 10.1 Å². The third-order valence-corrected chi connectivity index (χ3v) is 8.12. The van der Waals surface area contributed by atoms with Gasteiger partial charge in [0.2, 0.25) is 0 Å². The van der Waals surface area contributed by atoms with Gasteiger partial charge in [-0.05, 0) is 60.7 Å². The molecule has 2 N–H and O–H groups in total. The van der Waals surface area contributed by atoms with Crippen LogP contribution in [0.2, 0.25) is 5.02 Å². The van der Waals surface area contributed by atoms with E-state index in [2.05, 4.69) is 31.8 Å². The molecule has 0 fully saturated rings. The number of thiophene rings is 1. The van der Waals surface area contributed by atoms with Crippen molar-refractivity contribution in [2.75, 3.05) is 5.32 Å². The first-order valence-corrected chi connectivity index (χ1v) is 14.4. The molecule has 13 heteroatoms. The average Bonchev–Trinajstić information content (AvgIpc) is 3.34. The summed E-state index contributed by atoms with van der Waals surface area (Å²) in [5.74, 6) is -1.39. The number of nitrogens with zero attached hydrogens (tertiary/aromatic N) is 2. The van der Waals surface area contributed by atoms with Gasteiger partial charge in [-0.2, -0.15) is 5.10 Å². The molecule has 0 aliphatic rings. The van der Waals surface area contributed by atoms with Crippen molar-refractivity contribution in [2.24, 2.45) is 5.10 Å². The van der Waals surface area contributed by atoms with Crippen molar-refractivity contribution in [1.29, 1.82) is 0 Å². The zero-order valence-corrected chi connectivity index (χ0v) is 24.9. The fraction of sp³-hybridized carbons (Fsp3) is 0. The van der Waals surface area contributed by atoms with E-state index in [0.29, 0.717) is 36.9 Å². The number of hydrogen-bond acceptors (Lipinski definition) is 8. The Morgan fingerprint density at radius 3 is 2.37 bits per heavy atom. The van der Waals surface area contributed by atoms with Crippen LogP contribution in [-0.4, -0.2) is 28.9 Å². The minimum Gasteiger partial charge on any atom is -0.422 e. The van der Waals surface area contributed by atoms with E-state index < -0.39 is 16.8 Å². The third kappa shape index (κ3) is 6.95. The zero-order chi connectivity index (χ0) is 30.5. The van der Waals surface area contributed by atoms with Crippen molar-refractivity contribution in [3.63, 3.8) is 0 Å². The van der Waals surface area contributed by atoms with Gasteiger partial charge in [0.1, 0.15) is 10.6 Å². The first-order valence-electron chi connectivity index (χ1n) is 12.4. The summed E-state index contributed by atoms with van der Waals surface area (Å²) in [6, 6.07) is 24.0. The van der Waals surface area contributed by atoms with Crippen LogP contribution < -0.4 is 15.5 Å². The topological polar surface area (TPSA) is 140 Å². The van der Waals surface area contributed by atoms with Crippen LogP contribution in [0.1, 0.15) is 36.0 Å². The van der Waals surface area contributed by atoms with Crippen molar-refractivity contribution < 1.29 is 24.0 Å². The molecule has 0 atom stereocenters. The van der Waals surface area contributed by atoms with Crippen LogP contribution >= 0.6 is 38.9 Å². The number of benzene rings is 4. The molecule has 214 valence electrons. The van der Waals surface area contributed by atoms with Gasteiger partial charge < -0.3 is 10.1 Å². The molecular weight excluding hydrogens is 660 g/mol. The van der Waals surface area contributed by atoms with Gasteiger partial charge in [-0.15, -0.1) is 11.3 Å². The number of esters is 1. The molecule has 5 aromatic rings. The Morgan fingerprint density at radius 2 is 1.65 bits per heavy atom. The Bertz CT molecular complexity index is 1910. The Morgan fingerprint density at radius 1 is 0.930 bits per heavy atom. The van der Waals surface area contributed by atoms with E-state index in [9.17, 15) is 24.5 Å². The third-order valence-electron chi connectivity index (χ3n) is 5.99. The highest BCUT2D eigenvalue weighted by Crippen LogP contribution is 2.38.